The maximum atomic E-state index is 4.61. The highest BCUT2D eigenvalue weighted by atomic mass is 15.1. The molecular weight excluding hydrogens is 769 g/mol. The van der Waals surface area contributed by atoms with E-state index in [1.165, 1.54) is 0 Å². The Bertz CT molecular complexity index is 2870. The number of hydrogen-bond donors (Lipinski definition) is 2. The van der Waals surface area contributed by atoms with E-state index in [-0.39, 0.29) is 0 Å². The van der Waals surface area contributed by atoms with Gasteiger partial charge in [-0.2, -0.15) is 40.9 Å². The standard InChI is InChI=1S/C50H44N12/c1-31-29-49(61-57-45-25-23-43(51-5)39-11-7-9-13-41(39)45)33(3)27-47(31)59-55-37-19-15-35(16-20-37)53-54-36-17-21-38(22-18-36)56-60-48-28-34(4)50(30-32(48)2)62-58-46-26-24-44(52-6)40-12-8-10-14-42(40)46/h7-30,51-52H,1-6H3. The molecule has 8 rings (SSSR count). The van der Waals surface area contributed by atoms with Crippen LogP contribution in [0.5, 0.6) is 0 Å². The van der Waals surface area contributed by atoms with Crippen molar-refractivity contribution >= 4 is 89.8 Å². The van der Waals surface area contributed by atoms with E-state index >= 15 is 0 Å². The van der Waals surface area contributed by atoms with E-state index in [4.69, 9.17) is 0 Å². The lowest BCUT2D eigenvalue weighted by Crippen LogP contribution is -1.88. The van der Waals surface area contributed by atoms with E-state index in [0.717, 1.165) is 89.3 Å². The van der Waals surface area contributed by atoms with Crippen LogP contribution in [-0.4, -0.2) is 14.1 Å². The molecule has 304 valence electrons. The second-order valence-electron chi connectivity index (χ2n) is 14.7. The SMILES string of the molecule is CNc1ccc(N=Nc2cc(C)c(N=Nc3ccc(N=Nc4ccc(N=Nc5cc(C)c(N=Nc6ccc(NC)c7ccccc67)cc5C)cc4)cc3)cc2C)c2ccccc12. The molecule has 8 aromatic rings. The average molecular weight is 813 g/mol. The van der Waals surface area contributed by atoms with Gasteiger partial charge in [-0.25, -0.2) is 0 Å². The Labute approximate surface area is 360 Å². The third kappa shape index (κ3) is 9.19. The molecule has 0 saturated heterocycles. The van der Waals surface area contributed by atoms with Crippen molar-refractivity contribution < 1.29 is 0 Å². The summed E-state index contributed by atoms with van der Waals surface area (Å²) in [6, 6.07) is 47.1. The van der Waals surface area contributed by atoms with Gasteiger partial charge in [-0.15, -0.1) is 10.2 Å². The third-order valence-corrected chi connectivity index (χ3v) is 10.4. The van der Waals surface area contributed by atoms with Crippen LogP contribution in [0.15, 0.2) is 197 Å². The van der Waals surface area contributed by atoms with Crippen LogP contribution >= 0.6 is 0 Å². The summed E-state index contributed by atoms with van der Waals surface area (Å²) in [7, 11) is 3.83. The Morgan fingerprint density at radius 2 is 0.532 bits per heavy atom. The van der Waals surface area contributed by atoms with Crippen molar-refractivity contribution in [3.8, 4) is 0 Å². The molecule has 0 amide bonds. The molecule has 0 unspecified atom stereocenters. The van der Waals surface area contributed by atoms with Gasteiger partial charge in [0.25, 0.3) is 0 Å². The molecule has 12 nitrogen and oxygen atoms in total. The minimum absolute atomic E-state index is 0.691. The Kier molecular flexibility index (Phi) is 12.1. The summed E-state index contributed by atoms with van der Waals surface area (Å²) in [6.07, 6.45) is 0. The number of anilines is 2. The molecule has 2 N–H and O–H groups in total. The van der Waals surface area contributed by atoms with Crippen molar-refractivity contribution in [1.82, 2.24) is 0 Å². The summed E-state index contributed by atoms with van der Waals surface area (Å²) in [5.74, 6) is 0. The number of nitrogens with one attached hydrogen (secondary N) is 2. The van der Waals surface area contributed by atoms with Crippen molar-refractivity contribution in [1.29, 1.82) is 0 Å². The first-order valence-electron chi connectivity index (χ1n) is 20.2. The van der Waals surface area contributed by atoms with E-state index in [1.54, 1.807) is 0 Å². The molecular formula is C50H44N12. The first kappa shape index (κ1) is 40.7. The lowest BCUT2D eigenvalue weighted by Gasteiger charge is -2.08. The van der Waals surface area contributed by atoms with Gasteiger partial charge in [0.05, 0.1) is 56.9 Å². The first-order valence-corrected chi connectivity index (χ1v) is 20.2. The smallest absolute Gasteiger partial charge is 0.0936 e. The van der Waals surface area contributed by atoms with Crippen molar-refractivity contribution in [3.05, 3.63) is 168 Å². The van der Waals surface area contributed by atoms with Crippen LogP contribution in [-0.2, 0) is 0 Å². The zero-order valence-electron chi connectivity index (χ0n) is 35.3. The number of aryl methyl sites for hydroxylation is 4. The normalized spacial score (nSPS) is 12.0. The minimum Gasteiger partial charge on any atom is -0.388 e. The van der Waals surface area contributed by atoms with E-state index in [0.29, 0.717) is 22.7 Å². The summed E-state index contributed by atoms with van der Waals surface area (Å²) < 4.78 is 0. The average Bonchev–Trinajstić information content (AvgIpc) is 3.30. The van der Waals surface area contributed by atoms with Crippen LogP contribution in [0.25, 0.3) is 21.5 Å². The Hall–Kier alpha value is -8.12. The fraction of sp³-hybridized carbons (Fsp3) is 0.120. The summed E-state index contributed by atoms with van der Waals surface area (Å²) in [5.41, 5.74) is 13.4. The molecule has 0 aromatic heterocycles. The van der Waals surface area contributed by atoms with Crippen LogP contribution in [0.1, 0.15) is 22.3 Å². The largest absolute Gasteiger partial charge is 0.388 e. The maximum Gasteiger partial charge on any atom is 0.0936 e. The van der Waals surface area contributed by atoms with Gasteiger partial charge in [0.2, 0.25) is 0 Å². The molecule has 0 atom stereocenters. The van der Waals surface area contributed by atoms with Gasteiger partial charge < -0.3 is 10.6 Å². The highest BCUT2D eigenvalue weighted by Gasteiger charge is 2.09. The van der Waals surface area contributed by atoms with Crippen molar-refractivity contribution in [3.63, 3.8) is 0 Å². The fourth-order valence-corrected chi connectivity index (χ4v) is 6.91. The molecule has 0 radical (unpaired) electrons. The first-order chi connectivity index (χ1) is 30.3. The lowest BCUT2D eigenvalue weighted by atomic mass is 10.1. The minimum atomic E-state index is 0.691. The molecule has 0 aliphatic rings. The predicted molar refractivity (Wildman–Crippen MR) is 253 cm³/mol. The Morgan fingerprint density at radius 1 is 0.274 bits per heavy atom. The Morgan fingerprint density at radius 3 is 0.839 bits per heavy atom. The fourth-order valence-electron chi connectivity index (χ4n) is 6.91. The van der Waals surface area contributed by atoms with Gasteiger partial charge in [0.15, 0.2) is 0 Å². The van der Waals surface area contributed by atoms with Crippen LogP contribution in [0, 0.1) is 27.7 Å². The molecule has 0 aliphatic carbocycles. The van der Waals surface area contributed by atoms with Crippen molar-refractivity contribution in [2.75, 3.05) is 24.7 Å². The topological polar surface area (TPSA) is 148 Å². The number of rotatable bonds is 12. The summed E-state index contributed by atoms with van der Waals surface area (Å²) in [5, 5.41) is 56.0. The van der Waals surface area contributed by atoms with Crippen LogP contribution in [0.4, 0.5) is 68.2 Å². The highest BCUT2D eigenvalue weighted by Crippen LogP contribution is 2.37. The summed E-state index contributed by atoms with van der Waals surface area (Å²) in [6.45, 7) is 7.98. The summed E-state index contributed by atoms with van der Waals surface area (Å²) >= 11 is 0. The molecule has 62 heavy (non-hydrogen) atoms. The second-order valence-corrected chi connectivity index (χ2v) is 14.7. The highest BCUT2D eigenvalue weighted by molar-refractivity contribution is 6.01. The zero-order chi connectivity index (χ0) is 43.0. The van der Waals surface area contributed by atoms with Gasteiger partial charge in [0.1, 0.15) is 0 Å². The second kappa shape index (κ2) is 18.4. The van der Waals surface area contributed by atoms with E-state index in [2.05, 4.69) is 86.0 Å². The zero-order valence-corrected chi connectivity index (χ0v) is 35.3. The molecule has 0 bridgehead atoms. The number of benzene rings is 8. The summed E-state index contributed by atoms with van der Waals surface area (Å²) in [4.78, 5) is 0. The molecule has 8 aromatic carbocycles. The van der Waals surface area contributed by atoms with Crippen LogP contribution < -0.4 is 10.6 Å². The van der Waals surface area contributed by atoms with Crippen molar-refractivity contribution in [2.24, 2.45) is 51.1 Å². The quantitative estimate of drug-likeness (QED) is 0.118. The molecule has 0 fully saturated rings. The molecule has 0 saturated carbocycles. The van der Waals surface area contributed by atoms with Crippen molar-refractivity contribution in [2.45, 2.75) is 27.7 Å². The number of azo groups is 5. The number of fused-ring (bicyclic) bond motifs is 2. The third-order valence-electron chi connectivity index (χ3n) is 10.4. The van der Waals surface area contributed by atoms with Crippen LogP contribution in [0.2, 0.25) is 0 Å². The van der Waals surface area contributed by atoms with Gasteiger partial charge in [-0.1, -0.05) is 48.5 Å². The van der Waals surface area contributed by atoms with Gasteiger partial charge in [-0.05, 0) is 147 Å². The predicted octanol–water partition coefficient (Wildman–Crippen LogP) is 17.4. The van der Waals surface area contributed by atoms with E-state index < -0.39 is 0 Å². The molecule has 12 heteroatoms. The van der Waals surface area contributed by atoms with E-state index in [1.807, 2.05) is 163 Å². The monoisotopic (exact) mass is 812 g/mol. The van der Waals surface area contributed by atoms with Crippen LogP contribution in [0.3, 0.4) is 0 Å². The van der Waals surface area contributed by atoms with Gasteiger partial charge in [-0.3, -0.25) is 0 Å². The number of nitrogens with zero attached hydrogens (tertiary/aromatic N) is 10. The van der Waals surface area contributed by atoms with E-state index in [9.17, 15) is 0 Å². The van der Waals surface area contributed by atoms with Gasteiger partial charge >= 0.3 is 0 Å². The molecule has 0 spiro atoms. The molecule has 0 aliphatic heterocycles. The molecule has 0 heterocycles. The Balaban J connectivity index is 0.873. The lowest BCUT2D eigenvalue weighted by molar-refractivity contribution is 1.17. The maximum absolute atomic E-state index is 4.61. The van der Waals surface area contributed by atoms with Gasteiger partial charge in [0, 0.05) is 47.0 Å². The number of hydrogen-bond acceptors (Lipinski definition) is 12.